The third kappa shape index (κ3) is 3.85. The number of hydrogen-bond donors (Lipinski definition) is 1. The first-order valence-corrected chi connectivity index (χ1v) is 5.35. The van der Waals surface area contributed by atoms with Crippen LogP contribution in [0, 0.1) is 0 Å². The summed E-state index contributed by atoms with van der Waals surface area (Å²) >= 11 is 0. The molecule has 0 unspecified atom stereocenters. The van der Waals surface area contributed by atoms with Crippen LogP contribution in [-0.2, 0) is 10.0 Å². The molecule has 4 nitrogen and oxygen atoms in total. The summed E-state index contributed by atoms with van der Waals surface area (Å²) in [6.07, 6.45) is 1.39. The fraction of sp³-hybridized carbons (Fsp3) is 0.714. The molecular formula is C7H16N2O2S. The van der Waals surface area contributed by atoms with Crippen LogP contribution in [0.4, 0.5) is 0 Å². The first kappa shape index (κ1) is 11.6. The maximum absolute atomic E-state index is 11.3. The molecule has 0 aliphatic heterocycles. The van der Waals surface area contributed by atoms with E-state index < -0.39 is 10.0 Å². The van der Waals surface area contributed by atoms with Crippen molar-refractivity contribution in [1.29, 1.82) is 0 Å². The maximum atomic E-state index is 11.3. The minimum Gasteiger partial charge on any atom is -0.318 e. The zero-order valence-corrected chi connectivity index (χ0v) is 8.39. The van der Waals surface area contributed by atoms with E-state index in [-0.39, 0.29) is 5.75 Å². The number of hydrogen-bond acceptors (Lipinski definition) is 3. The molecule has 0 atom stereocenters. The second-order valence-electron chi connectivity index (χ2n) is 2.49. The van der Waals surface area contributed by atoms with Crippen LogP contribution in [0.1, 0.15) is 0 Å². The van der Waals surface area contributed by atoms with Gasteiger partial charge in [-0.2, -0.15) is 0 Å². The van der Waals surface area contributed by atoms with Crippen molar-refractivity contribution in [1.82, 2.24) is 9.62 Å². The lowest BCUT2D eigenvalue weighted by Gasteiger charge is -2.15. The number of likely N-dealkylation sites (N-methyl/N-ethyl adjacent to an activating group) is 2. The largest absolute Gasteiger partial charge is 0.318 e. The fourth-order valence-corrected chi connectivity index (χ4v) is 1.61. The predicted molar refractivity (Wildman–Crippen MR) is 50.5 cm³/mol. The summed E-state index contributed by atoms with van der Waals surface area (Å²) in [6, 6.07) is 0. The van der Waals surface area contributed by atoms with Gasteiger partial charge in [-0.15, -0.1) is 6.58 Å². The van der Waals surface area contributed by atoms with Crippen LogP contribution >= 0.6 is 0 Å². The molecule has 0 bridgehead atoms. The molecule has 0 aromatic heterocycles. The standard InChI is InChI=1S/C7H16N2O2S/c1-4-7-12(10,11)9(3)6-5-8-2/h4,8H,1,5-7H2,2-3H3. The van der Waals surface area contributed by atoms with Gasteiger partial charge in [-0.25, -0.2) is 12.7 Å². The highest BCUT2D eigenvalue weighted by molar-refractivity contribution is 7.89. The second-order valence-corrected chi connectivity index (χ2v) is 4.61. The van der Waals surface area contributed by atoms with Crippen molar-refractivity contribution < 1.29 is 8.42 Å². The number of sulfonamides is 1. The molecule has 0 amide bonds. The Balaban J connectivity index is 4.06. The molecule has 0 aromatic rings. The van der Waals surface area contributed by atoms with Crippen molar-refractivity contribution in [2.45, 2.75) is 0 Å². The molecule has 1 N–H and O–H groups in total. The zero-order valence-electron chi connectivity index (χ0n) is 7.58. The van der Waals surface area contributed by atoms with E-state index in [0.717, 1.165) is 0 Å². The SMILES string of the molecule is C=CCS(=O)(=O)N(C)CCNC. The van der Waals surface area contributed by atoms with Crippen LogP contribution in [0.2, 0.25) is 0 Å². The minimum atomic E-state index is -3.11. The summed E-state index contributed by atoms with van der Waals surface area (Å²) in [6.45, 7) is 4.54. The fourth-order valence-electron chi connectivity index (χ4n) is 0.685. The molecule has 0 radical (unpaired) electrons. The van der Waals surface area contributed by atoms with Crippen LogP contribution in [0.25, 0.3) is 0 Å². The van der Waals surface area contributed by atoms with Gasteiger partial charge in [0.25, 0.3) is 0 Å². The topological polar surface area (TPSA) is 49.4 Å². The second kappa shape index (κ2) is 5.29. The van der Waals surface area contributed by atoms with Gasteiger partial charge < -0.3 is 5.32 Å². The van der Waals surface area contributed by atoms with Crippen LogP contribution in [0.15, 0.2) is 12.7 Å². The van der Waals surface area contributed by atoms with Crippen LogP contribution in [-0.4, -0.2) is 45.7 Å². The van der Waals surface area contributed by atoms with Crippen molar-refractivity contribution in [3.63, 3.8) is 0 Å². The number of nitrogens with zero attached hydrogens (tertiary/aromatic N) is 1. The molecule has 0 spiro atoms. The Bertz CT molecular complexity index is 224. The Morgan fingerprint density at radius 3 is 2.58 bits per heavy atom. The van der Waals surface area contributed by atoms with E-state index >= 15 is 0 Å². The van der Waals surface area contributed by atoms with Gasteiger partial charge in [0.2, 0.25) is 10.0 Å². The number of nitrogens with one attached hydrogen (secondary N) is 1. The molecule has 0 aromatic carbocycles. The first-order chi connectivity index (χ1) is 5.54. The molecule has 0 aliphatic carbocycles. The molecular weight excluding hydrogens is 176 g/mol. The Labute approximate surface area is 74.3 Å². The lowest BCUT2D eigenvalue weighted by atomic mass is 10.6. The average Bonchev–Trinajstić information content (AvgIpc) is 2.00. The van der Waals surface area contributed by atoms with E-state index in [4.69, 9.17) is 0 Å². The van der Waals surface area contributed by atoms with Crippen LogP contribution in [0.3, 0.4) is 0 Å². The van der Waals surface area contributed by atoms with Crippen molar-refractivity contribution in [2.24, 2.45) is 0 Å². The van der Waals surface area contributed by atoms with E-state index in [1.807, 2.05) is 0 Å². The quantitative estimate of drug-likeness (QED) is 0.585. The van der Waals surface area contributed by atoms with Crippen molar-refractivity contribution in [3.8, 4) is 0 Å². The lowest BCUT2D eigenvalue weighted by Crippen LogP contribution is -2.33. The predicted octanol–water partition coefficient (Wildman–Crippen LogP) is -0.347. The van der Waals surface area contributed by atoms with Gasteiger partial charge in [-0.1, -0.05) is 6.08 Å². The van der Waals surface area contributed by atoms with Gasteiger partial charge >= 0.3 is 0 Å². The molecule has 12 heavy (non-hydrogen) atoms. The molecule has 0 saturated heterocycles. The smallest absolute Gasteiger partial charge is 0.217 e. The molecule has 0 aliphatic rings. The summed E-state index contributed by atoms with van der Waals surface area (Å²) in [5.74, 6) is 0.00716. The van der Waals surface area contributed by atoms with Crippen molar-refractivity contribution >= 4 is 10.0 Å². The summed E-state index contributed by atoms with van der Waals surface area (Å²) in [5, 5.41) is 2.88. The van der Waals surface area contributed by atoms with Gasteiger partial charge in [0.15, 0.2) is 0 Å². The highest BCUT2D eigenvalue weighted by atomic mass is 32.2. The van der Waals surface area contributed by atoms with E-state index in [0.29, 0.717) is 13.1 Å². The normalized spacial score (nSPS) is 11.9. The van der Waals surface area contributed by atoms with Gasteiger partial charge in [0, 0.05) is 20.1 Å². The van der Waals surface area contributed by atoms with E-state index in [1.54, 1.807) is 14.1 Å². The Hall–Kier alpha value is -0.390. The average molecular weight is 192 g/mol. The Kier molecular flexibility index (Phi) is 5.12. The summed E-state index contributed by atoms with van der Waals surface area (Å²) < 4.78 is 23.9. The monoisotopic (exact) mass is 192 g/mol. The lowest BCUT2D eigenvalue weighted by molar-refractivity contribution is 0.468. The Morgan fingerprint density at radius 2 is 2.17 bits per heavy atom. The molecule has 0 heterocycles. The molecule has 0 saturated carbocycles. The van der Waals surface area contributed by atoms with Crippen molar-refractivity contribution in [2.75, 3.05) is 32.9 Å². The summed E-state index contributed by atoms with van der Waals surface area (Å²) in [4.78, 5) is 0. The van der Waals surface area contributed by atoms with E-state index in [1.165, 1.54) is 10.4 Å². The van der Waals surface area contributed by atoms with Crippen molar-refractivity contribution in [3.05, 3.63) is 12.7 Å². The van der Waals surface area contributed by atoms with Gasteiger partial charge in [0.05, 0.1) is 5.75 Å². The maximum Gasteiger partial charge on any atom is 0.217 e. The molecule has 0 rings (SSSR count). The molecule has 5 heteroatoms. The minimum absolute atomic E-state index is 0.00716. The highest BCUT2D eigenvalue weighted by Crippen LogP contribution is 1.96. The van der Waals surface area contributed by atoms with Crippen LogP contribution < -0.4 is 5.32 Å². The highest BCUT2D eigenvalue weighted by Gasteiger charge is 2.14. The third-order valence-corrected chi connectivity index (χ3v) is 3.27. The van der Waals surface area contributed by atoms with Gasteiger partial charge in [0.1, 0.15) is 0 Å². The summed E-state index contributed by atoms with van der Waals surface area (Å²) in [7, 11) is 0.244. The van der Waals surface area contributed by atoms with E-state index in [9.17, 15) is 8.42 Å². The summed E-state index contributed by atoms with van der Waals surface area (Å²) in [5.41, 5.74) is 0. The first-order valence-electron chi connectivity index (χ1n) is 3.74. The van der Waals surface area contributed by atoms with Crippen LogP contribution in [0.5, 0.6) is 0 Å². The molecule has 72 valence electrons. The van der Waals surface area contributed by atoms with Gasteiger partial charge in [-0.3, -0.25) is 0 Å². The van der Waals surface area contributed by atoms with Gasteiger partial charge in [-0.05, 0) is 7.05 Å². The number of rotatable bonds is 6. The zero-order chi connectivity index (χ0) is 9.61. The third-order valence-electron chi connectivity index (χ3n) is 1.48. The molecule has 0 fully saturated rings. The van der Waals surface area contributed by atoms with E-state index in [2.05, 4.69) is 11.9 Å². The Morgan fingerprint density at radius 1 is 1.58 bits per heavy atom.